The highest BCUT2D eigenvalue weighted by molar-refractivity contribution is 5.89. The highest BCUT2D eigenvalue weighted by atomic mass is 19.1. The van der Waals surface area contributed by atoms with E-state index in [0.717, 1.165) is 56.2 Å². The number of rotatable bonds is 9. The fourth-order valence-electron chi connectivity index (χ4n) is 4.70. The number of nitrogens with zero attached hydrogens (tertiary/aromatic N) is 6. The van der Waals surface area contributed by atoms with E-state index >= 15 is 0 Å². The molecule has 0 radical (unpaired) electrons. The number of nitro groups is 1. The van der Waals surface area contributed by atoms with Crippen molar-refractivity contribution in [1.82, 2.24) is 19.6 Å². The normalized spacial score (nSPS) is 13.9. The van der Waals surface area contributed by atoms with Crippen LogP contribution in [0.15, 0.2) is 48.5 Å². The smallest absolute Gasteiger partial charge is 0.322 e. The first-order valence-electron chi connectivity index (χ1n) is 12.9. The Balaban J connectivity index is 1.65. The largest absolute Gasteiger partial charge is 0.354 e. The van der Waals surface area contributed by atoms with E-state index in [1.165, 1.54) is 36.4 Å². The number of carbonyl (C=O) groups excluding carboxylic acids is 1. The van der Waals surface area contributed by atoms with Crippen molar-refractivity contribution in [2.45, 2.75) is 33.7 Å². The summed E-state index contributed by atoms with van der Waals surface area (Å²) in [6.45, 7) is 11.3. The van der Waals surface area contributed by atoms with E-state index in [9.17, 15) is 19.3 Å². The molecule has 2 amide bonds. The molecule has 11 heteroatoms. The maximum Gasteiger partial charge on any atom is 0.322 e. The highest BCUT2D eigenvalue weighted by Crippen LogP contribution is 2.30. The van der Waals surface area contributed by atoms with Gasteiger partial charge < -0.3 is 20.0 Å². The van der Waals surface area contributed by atoms with Crippen molar-refractivity contribution in [3.8, 4) is 5.69 Å². The Morgan fingerprint density at radius 2 is 1.84 bits per heavy atom. The molecule has 2 heterocycles. The number of hydrogen-bond donors (Lipinski definition) is 1. The van der Waals surface area contributed by atoms with Crippen LogP contribution >= 0.6 is 0 Å². The molecule has 0 unspecified atom stereocenters. The molecule has 2 aromatic carbocycles. The van der Waals surface area contributed by atoms with Crippen LogP contribution in [0.1, 0.15) is 31.5 Å². The van der Waals surface area contributed by atoms with Gasteiger partial charge in [0.25, 0.3) is 5.69 Å². The number of likely N-dealkylation sites (N-methyl/N-ethyl adjacent to an activating group) is 1. The Morgan fingerprint density at radius 1 is 1.13 bits per heavy atom. The predicted octanol–water partition coefficient (Wildman–Crippen LogP) is 4.81. The number of piperazine rings is 1. The Hall–Kier alpha value is -3.99. The fourth-order valence-corrected chi connectivity index (χ4v) is 4.70. The third kappa shape index (κ3) is 6.10. The van der Waals surface area contributed by atoms with E-state index in [1.807, 2.05) is 19.9 Å². The summed E-state index contributed by atoms with van der Waals surface area (Å²) in [5, 5.41) is 18.6. The number of nitro benzene ring substituents is 1. The first-order valence-corrected chi connectivity index (χ1v) is 12.9. The van der Waals surface area contributed by atoms with Gasteiger partial charge in [-0.2, -0.15) is 5.10 Å². The second kappa shape index (κ2) is 12.0. The summed E-state index contributed by atoms with van der Waals surface area (Å²) in [6.07, 6.45) is 0.745. The third-order valence-electron chi connectivity index (χ3n) is 6.79. The second-order valence-electron chi connectivity index (χ2n) is 9.36. The van der Waals surface area contributed by atoms with Crippen LogP contribution in [0.4, 0.5) is 26.4 Å². The molecule has 1 aliphatic rings. The number of amides is 2. The zero-order valence-electron chi connectivity index (χ0n) is 22.1. The number of nitrogens with one attached hydrogen (secondary N) is 1. The summed E-state index contributed by atoms with van der Waals surface area (Å²) in [7, 11) is 0. The first kappa shape index (κ1) is 27.1. The molecule has 0 spiro atoms. The van der Waals surface area contributed by atoms with Gasteiger partial charge in [0.2, 0.25) is 0 Å². The molecule has 1 aromatic heterocycles. The fraction of sp³-hybridized carbons (Fsp3) is 0.407. The van der Waals surface area contributed by atoms with Crippen molar-refractivity contribution in [3.05, 3.63) is 75.7 Å². The molecule has 1 N–H and O–H groups in total. The quantitative estimate of drug-likeness (QED) is 0.319. The Kier molecular flexibility index (Phi) is 8.57. The maximum absolute atomic E-state index is 14.2. The summed E-state index contributed by atoms with van der Waals surface area (Å²) in [6, 6.07) is 11.8. The lowest BCUT2D eigenvalue weighted by molar-refractivity contribution is -0.384. The molecule has 10 nitrogen and oxygen atoms in total. The van der Waals surface area contributed by atoms with Crippen LogP contribution in [0.5, 0.6) is 0 Å². The number of carbonyl (C=O) groups is 1. The number of anilines is 2. The highest BCUT2D eigenvalue weighted by Gasteiger charge is 2.27. The van der Waals surface area contributed by atoms with E-state index in [1.54, 1.807) is 15.6 Å². The number of non-ortho nitro benzene ring substituents is 1. The van der Waals surface area contributed by atoms with Gasteiger partial charge in [0.1, 0.15) is 11.6 Å². The SMILES string of the molecule is CCCN(Cc1c(C)nn(-c2cccc(F)c2)c1N1CCN(CC)CC1)C(=O)Nc1ccc([N+](=O)[O-])cc1. The number of urea groups is 1. The topological polar surface area (TPSA) is 99.8 Å². The van der Waals surface area contributed by atoms with Gasteiger partial charge in [0, 0.05) is 56.1 Å². The molecule has 0 bridgehead atoms. The van der Waals surface area contributed by atoms with Gasteiger partial charge in [-0.1, -0.05) is 19.9 Å². The average Bonchev–Trinajstić information content (AvgIpc) is 3.24. The minimum absolute atomic E-state index is 0.0402. The number of aromatic nitrogens is 2. The lowest BCUT2D eigenvalue weighted by atomic mass is 10.2. The Bertz CT molecular complexity index is 1270. The number of halogens is 1. The molecule has 38 heavy (non-hydrogen) atoms. The van der Waals surface area contributed by atoms with Crippen LogP contribution in [0.3, 0.4) is 0 Å². The van der Waals surface area contributed by atoms with Crippen molar-refractivity contribution >= 4 is 23.2 Å². The van der Waals surface area contributed by atoms with Gasteiger partial charge in [-0.05, 0) is 50.2 Å². The summed E-state index contributed by atoms with van der Waals surface area (Å²) in [5.74, 6) is 0.530. The van der Waals surface area contributed by atoms with Crippen LogP contribution in [0, 0.1) is 22.9 Å². The van der Waals surface area contributed by atoms with Crippen molar-refractivity contribution in [3.63, 3.8) is 0 Å². The molecular formula is C27H34FN7O3. The zero-order chi connectivity index (χ0) is 27.2. The summed E-state index contributed by atoms with van der Waals surface area (Å²) in [5.41, 5.74) is 2.74. The standard InChI is InChI=1S/C27H34FN7O3/c1-4-13-33(27(36)29-22-9-11-23(12-10-22)35(37)38)19-25-20(3)30-34(24-8-6-7-21(28)18-24)26(25)32-16-14-31(5-2)15-17-32/h6-12,18H,4-5,13-17,19H2,1-3H3,(H,29,36). The van der Waals surface area contributed by atoms with Gasteiger partial charge in [0.15, 0.2) is 0 Å². The van der Waals surface area contributed by atoms with Gasteiger partial charge in [0.05, 0.1) is 22.8 Å². The minimum Gasteiger partial charge on any atom is -0.354 e. The number of aryl methyl sites for hydroxylation is 1. The lowest BCUT2D eigenvalue weighted by Crippen LogP contribution is -2.47. The molecule has 0 atom stereocenters. The monoisotopic (exact) mass is 523 g/mol. The van der Waals surface area contributed by atoms with Crippen LogP contribution < -0.4 is 10.2 Å². The van der Waals surface area contributed by atoms with Crippen LogP contribution in [-0.4, -0.2) is 69.8 Å². The van der Waals surface area contributed by atoms with E-state index in [2.05, 4.69) is 22.0 Å². The summed E-state index contributed by atoms with van der Waals surface area (Å²) in [4.78, 5) is 30.2. The lowest BCUT2D eigenvalue weighted by Gasteiger charge is -2.36. The first-order chi connectivity index (χ1) is 18.3. The molecular weight excluding hydrogens is 489 g/mol. The van der Waals surface area contributed by atoms with E-state index in [0.29, 0.717) is 24.5 Å². The van der Waals surface area contributed by atoms with Gasteiger partial charge >= 0.3 is 6.03 Å². The van der Waals surface area contributed by atoms with E-state index in [4.69, 9.17) is 5.10 Å². The maximum atomic E-state index is 14.2. The molecule has 1 aliphatic heterocycles. The van der Waals surface area contributed by atoms with Crippen molar-refractivity contribution in [1.29, 1.82) is 0 Å². The molecule has 0 aliphatic carbocycles. The average molecular weight is 524 g/mol. The number of benzene rings is 2. The Morgan fingerprint density at radius 3 is 2.45 bits per heavy atom. The predicted molar refractivity (Wildman–Crippen MR) is 145 cm³/mol. The molecule has 4 rings (SSSR count). The zero-order valence-corrected chi connectivity index (χ0v) is 22.1. The van der Waals surface area contributed by atoms with E-state index in [-0.39, 0.29) is 17.5 Å². The van der Waals surface area contributed by atoms with Crippen molar-refractivity contribution < 1.29 is 14.1 Å². The third-order valence-corrected chi connectivity index (χ3v) is 6.79. The van der Waals surface area contributed by atoms with Crippen LogP contribution in [0.2, 0.25) is 0 Å². The van der Waals surface area contributed by atoms with Crippen LogP contribution in [0.25, 0.3) is 5.69 Å². The van der Waals surface area contributed by atoms with Crippen LogP contribution in [-0.2, 0) is 6.54 Å². The number of hydrogen-bond acceptors (Lipinski definition) is 6. The van der Waals surface area contributed by atoms with Crippen molar-refractivity contribution in [2.75, 3.05) is 49.5 Å². The summed E-state index contributed by atoms with van der Waals surface area (Å²) >= 11 is 0. The Labute approximate surface area is 221 Å². The van der Waals surface area contributed by atoms with Gasteiger partial charge in [-0.3, -0.25) is 10.1 Å². The molecule has 202 valence electrons. The molecule has 0 saturated carbocycles. The van der Waals surface area contributed by atoms with E-state index < -0.39 is 4.92 Å². The second-order valence-corrected chi connectivity index (χ2v) is 9.36. The molecule has 3 aromatic rings. The summed E-state index contributed by atoms with van der Waals surface area (Å²) < 4.78 is 15.9. The minimum atomic E-state index is -0.476. The molecule has 1 saturated heterocycles. The van der Waals surface area contributed by atoms with Gasteiger partial charge in [-0.25, -0.2) is 13.9 Å². The van der Waals surface area contributed by atoms with Crippen molar-refractivity contribution in [2.24, 2.45) is 0 Å². The molecule has 1 fully saturated rings. The van der Waals surface area contributed by atoms with Gasteiger partial charge in [-0.15, -0.1) is 0 Å².